The Hall–Kier alpha value is -2.77. The molecule has 0 aliphatic carbocycles. The molecule has 0 bridgehead atoms. The van der Waals surface area contributed by atoms with Gasteiger partial charge in [-0.1, -0.05) is 17.7 Å². The molecular weight excluding hydrogens is 481 g/mol. The second-order valence-corrected chi connectivity index (χ2v) is 10.0. The summed E-state index contributed by atoms with van der Waals surface area (Å²) in [6, 6.07) is 11.2. The maximum absolute atomic E-state index is 15.6. The number of aromatic nitrogens is 2. The average Bonchev–Trinajstić information content (AvgIpc) is 2.90. The molecule has 0 spiro atoms. The molecule has 1 aliphatic heterocycles. The van der Waals surface area contributed by atoms with Crippen LogP contribution in [0.5, 0.6) is 5.75 Å². The molecule has 0 unspecified atom stereocenters. The lowest BCUT2D eigenvalue weighted by atomic mass is 9.74. The van der Waals surface area contributed by atoms with E-state index in [9.17, 15) is 9.90 Å². The Morgan fingerprint density at radius 1 is 1.22 bits per heavy atom. The molecule has 1 N–H and O–H groups in total. The third-order valence-corrected chi connectivity index (χ3v) is 7.71. The van der Waals surface area contributed by atoms with E-state index in [2.05, 4.69) is 14.9 Å². The molecular formula is C28H33ClFN3O3. The predicted octanol–water partition coefficient (Wildman–Crippen LogP) is 6.27. The number of carboxylic acid groups (broad SMARTS) is 1. The number of rotatable bonds is 11. The van der Waals surface area contributed by atoms with Crippen LogP contribution in [0.15, 0.2) is 48.8 Å². The lowest BCUT2D eigenvalue weighted by Crippen LogP contribution is -2.44. The number of aryl methyl sites for hydroxylation is 1. The number of benzene rings is 1. The first-order chi connectivity index (χ1) is 17.4. The Morgan fingerprint density at radius 3 is 2.72 bits per heavy atom. The lowest BCUT2D eigenvalue weighted by Gasteiger charge is -2.39. The summed E-state index contributed by atoms with van der Waals surface area (Å²) in [6.45, 7) is 2.36. The molecule has 2 aromatic heterocycles. The molecule has 8 heteroatoms. The lowest BCUT2D eigenvalue weighted by molar-refractivity contribution is -0.153. The number of halogens is 2. The van der Waals surface area contributed by atoms with Crippen molar-refractivity contribution in [3.63, 3.8) is 0 Å². The van der Waals surface area contributed by atoms with Crippen molar-refractivity contribution in [2.45, 2.75) is 51.1 Å². The third-order valence-electron chi connectivity index (χ3n) is 7.41. The Morgan fingerprint density at radius 2 is 2.03 bits per heavy atom. The van der Waals surface area contributed by atoms with Crippen molar-refractivity contribution in [2.24, 2.45) is 5.41 Å². The number of fused-ring (bicyclic) bond motifs is 1. The highest BCUT2D eigenvalue weighted by molar-refractivity contribution is 6.32. The minimum absolute atomic E-state index is 0.0897. The summed E-state index contributed by atoms with van der Waals surface area (Å²) in [5.74, 6) is -0.244. The summed E-state index contributed by atoms with van der Waals surface area (Å²) in [4.78, 5) is 23.3. The number of carboxylic acids is 1. The fourth-order valence-electron chi connectivity index (χ4n) is 5.12. The van der Waals surface area contributed by atoms with Gasteiger partial charge in [0.1, 0.15) is 11.9 Å². The first-order valence-corrected chi connectivity index (χ1v) is 12.9. The molecule has 0 amide bonds. The van der Waals surface area contributed by atoms with Crippen LogP contribution in [0.1, 0.15) is 56.0 Å². The standard InChI is InChI=1S/C28H33ClFN3O3/c1-36-21-8-9-25-22(18-21)26(23(29)19-32-25)24(30)10-11-28(27(34)35)12-16-33(17-13-28)15-5-3-7-20-6-2-4-14-31-20/h2,4,6,8-9,14,18-19,24H,3,5,7,10-13,15-17H2,1H3,(H,34,35)/t24-/m0/s1. The molecule has 192 valence electrons. The van der Waals surface area contributed by atoms with E-state index in [1.807, 2.05) is 24.4 Å². The van der Waals surface area contributed by atoms with Gasteiger partial charge in [0.15, 0.2) is 0 Å². The predicted molar refractivity (Wildman–Crippen MR) is 139 cm³/mol. The zero-order chi connectivity index (χ0) is 25.5. The topological polar surface area (TPSA) is 75.6 Å². The number of hydrogen-bond donors (Lipinski definition) is 1. The van der Waals surface area contributed by atoms with E-state index in [4.69, 9.17) is 16.3 Å². The Balaban J connectivity index is 1.34. The fraction of sp³-hybridized carbons (Fsp3) is 0.464. The molecule has 1 aliphatic rings. The van der Waals surface area contributed by atoms with Crippen LogP contribution in [-0.4, -0.2) is 52.7 Å². The number of aliphatic carboxylic acids is 1. The van der Waals surface area contributed by atoms with E-state index < -0.39 is 17.6 Å². The Kier molecular flexibility index (Phi) is 8.75. The number of hydrogen-bond acceptors (Lipinski definition) is 5. The summed E-state index contributed by atoms with van der Waals surface area (Å²) in [6.07, 6.45) is 6.31. The molecule has 3 heterocycles. The number of carbonyl (C=O) groups is 1. The minimum Gasteiger partial charge on any atom is -0.497 e. The minimum atomic E-state index is -1.39. The summed E-state index contributed by atoms with van der Waals surface area (Å²) >= 11 is 6.36. The SMILES string of the molecule is COc1ccc2ncc(Cl)c([C@@H](F)CCC3(C(=O)O)CCN(CCCCc4ccccn4)CC3)c2c1. The van der Waals surface area contributed by atoms with Crippen LogP contribution in [0.25, 0.3) is 10.9 Å². The largest absolute Gasteiger partial charge is 0.497 e. The van der Waals surface area contributed by atoms with E-state index in [1.54, 1.807) is 25.3 Å². The van der Waals surface area contributed by atoms with E-state index >= 15 is 4.39 Å². The van der Waals surface area contributed by atoms with Gasteiger partial charge < -0.3 is 14.7 Å². The van der Waals surface area contributed by atoms with Crippen LogP contribution in [-0.2, 0) is 11.2 Å². The monoisotopic (exact) mass is 513 g/mol. The van der Waals surface area contributed by atoms with Gasteiger partial charge in [-0.25, -0.2) is 4.39 Å². The van der Waals surface area contributed by atoms with Crippen molar-refractivity contribution in [2.75, 3.05) is 26.7 Å². The average molecular weight is 514 g/mol. The summed E-state index contributed by atoms with van der Waals surface area (Å²) in [7, 11) is 1.55. The van der Waals surface area contributed by atoms with Gasteiger partial charge in [0.2, 0.25) is 0 Å². The fourth-order valence-corrected chi connectivity index (χ4v) is 5.39. The van der Waals surface area contributed by atoms with Crippen molar-refractivity contribution in [1.29, 1.82) is 0 Å². The van der Waals surface area contributed by atoms with Crippen LogP contribution < -0.4 is 4.74 Å². The molecule has 3 aromatic rings. The van der Waals surface area contributed by atoms with Crippen molar-refractivity contribution in [3.8, 4) is 5.75 Å². The van der Waals surface area contributed by atoms with Crippen LogP contribution in [0, 0.1) is 5.41 Å². The molecule has 1 aromatic carbocycles. The highest BCUT2D eigenvalue weighted by atomic mass is 35.5. The quantitative estimate of drug-likeness (QED) is 0.304. The number of ether oxygens (including phenoxy) is 1. The number of piperidine rings is 1. The molecule has 0 radical (unpaired) electrons. The van der Waals surface area contributed by atoms with Crippen LogP contribution in [0.3, 0.4) is 0 Å². The maximum Gasteiger partial charge on any atom is 0.309 e. The first kappa shape index (κ1) is 26.3. The molecule has 6 nitrogen and oxygen atoms in total. The number of pyridine rings is 2. The van der Waals surface area contributed by atoms with Crippen LogP contribution in [0.2, 0.25) is 5.02 Å². The van der Waals surface area contributed by atoms with Gasteiger partial charge in [-0.2, -0.15) is 0 Å². The normalized spacial score (nSPS) is 16.6. The number of alkyl halides is 1. The van der Waals surface area contributed by atoms with E-state index in [0.29, 0.717) is 48.1 Å². The third kappa shape index (κ3) is 6.13. The van der Waals surface area contributed by atoms with Crippen molar-refractivity contribution >= 4 is 28.5 Å². The van der Waals surface area contributed by atoms with Gasteiger partial charge in [0.05, 0.1) is 23.1 Å². The second kappa shape index (κ2) is 12.0. The van der Waals surface area contributed by atoms with Crippen molar-refractivity contribution in [3.05, 3.63) is 65.1 Å². The summed E-state index contributed by atoms with van der Waals surface area (Å²) in [5, 5.41) is 10.9. The van der Waals surface area contributed by atoms with Gasteiger partial charge >= 0.3 is 5.97 Å². The second-order valence-electron chi connectivity index (χ2n) is 9.61. The molecule has 1 fully saturated rings. The van der Waals surface area contributed by atoms with E-state index in [0.717, 1.165) is 31.5 Å². The zero-order valence-electron chi connectivity index (χ0n) is 20.6. The molecule has 4 rings (SSSR count). The first-order valence-electron chi connectivity index (χ1n) is 12.5. The number of nitrogens with zero attached hydrogens (tertiary/aromatic N) is 3. The smallest absolute Gasteiger partial charge is 0.309 e. The molecule has 36 heavy (non-hydrogen) atoms. The van der Waals surface area contributed by atoms with Gasteiger partial charge in [-0.05, 0) is 94.9 Å². The van der Waals surface area contributed by atoms with Crippen molar-refractivity contribution in [1.82, 2.24) is 14.9 Å². The molecule has 0 saturated carbocycles. The zero-order valence-corrected chi connectivity index (χ0v) is 21.4. The number of likely N-dealkylation sites (tertiary alicyclic amines) is 1. The highest BCUT2D eigenvalue weighted by Gasteiger charge is 2.41. The summed E-state index contributed by atoms with van der Waals surface area (Å²) in [5.41, 5.74) is 1.16. The van der Waals surface area contributed by atoms with Crippen molar-refractivity contribution < 1.29 is 19.0 Å². The molecule has 1 saturated heterocycles. The summed E-state index contributed by atoms with van der Waals surface area (Å²) < 4.78 is 20.9. The molecule has 1 atom stereocenters. The Labute approximate surface area is 216 Å². The van der Waals surface area contributed by atoms with Gasteiger partial charge in [0.25, 0.3) is 0 Å². The Bertz CT molecular complexity index is 1170. The maximum atomic E-state index is 15.6. The van der Waals surface area contributed by atoms with E-state index in [-0.39, 0.29) is 17.9 Å². The van der Waals surface area contributed by atoms with Gasteiger partial charge in [-0.3, -0.25) is 14.8 Å². The van der Waals surface area contributed by atoms with Crippen LogP contribution >= 0.6 is 11.6 Å². The van der Waals surface area contributed by atoms with Gasteiger partial charge in [0, 0.05) is 29.0 Å². The highest BCUT2D eigenvalue weighted by Crippen LogP contribution is 2.42. The van der Waals surface area contributed by atoms with Crippen LogP contribution in [0.4, 0.5) is 4.39 Å². The van der Waals surface area contributed by atoms with Gasteiger partial charge in [-0.15, -0.1) is 0 Å². The number of methoxy groups -OCH3 is 1. The van der Waals surface area contributed by atoms with E-state index in [1.165, 1.54) is 6.20 Å². The number of unbranched alkanes of at least 4 members (excludes halogenated alkanes) is 1.